The van der Waals surface area contributed by atoms with Crippen molar-refractivity contribution < 1.29 is 9.84 Å². The molecule has 2 heterocycles. The first-order valence-corrected chi connectivity index (χ1v) is 11.0. The van der Waals surface area contributed by atoms with E-state index in [2.05, 4.69) is 47.6 Å². The highest BCUT2D eigenvalue weighted by atomic mass is 127. The number of aliphatic hydroxyl groups excluding tert-OH is 1. The lowest BCUT2D eigenvalue weighted by Crippen LogP contribution is -2.41. The van der Waals surface area contributed by atoms with Crippen molar-refractivity contribution in [2.24, 2.45) is 10.9 Å². The van der Waals surface area contributed by atoms with E-state index in [1.165, 1.54) is 10.1 Å². The molecule has 3 N–H and O–H groups in total. The van der Waals surface area contributed by atoms with Crippen molar-refractivity contribution in [1.82, 2.24) is 15.5 Å². The number of aliphatic hydroxyl groups is 1. The summed E-state index contributed by atoms with van der Waals surface area (Å²) in [6.07, 6.45) is -0.549. The van der Waals surface area contributed by atoms with Gasteiger partial charge in [0.15, 0.2) is 5.96 Å². The second-order valence-corrected chi connectivity index (χ2v) is 8.44. The van der Waals surface area contributed by atoms with Crippen LogP contribution in [0.2, 0.25) is 0 Å². The maximum Gasteiger partial charge on any atom is 0.191 e. The highest BCUT2D eigenvalue weighted by Crippen LogP contribution is 2.29. The van der Waals surface area contributed by atoms with Crippen molar-refractivity contribution in [3.63, 3.8) is 0 Å². The summed E-state index contributed by atoms with van der Waals surface area (Å²) < 4.78 is 6.61. The number of fused-ring (bicyclic) bond motifs is 1. The summed E-state index contributed by atoms with van der Waals surface area (Å²) >= 11 is 1.64. The molecule has 1 aliphatic heterocycles. The highest BCUT2D eigenvalue weighted by molar-refractivity contribution is 14.0. The van der Waals surface area contributed by atoms with Gasteiger partial charge >= 0.3 is 0 Å². The minimum Gasteiger partial charge on any atom is -0.386 e. The van der Waals surface area contributed by atoms with Crippen molar-refractivity contribution >= 4 is 51.4 Å². The normalized spacial score (nSPS) is 17.6. The Bertz CT molecular complexity index is 731. The van der Waals surface area contributed by atoms with E-state index in [4.69, 9.17) is 9.73 Å². The largest absolute Gasteiger partial charge is 0.386 e. The lowest BCUT2D eigenvalue weighted by Gasteiger charge is -2.28. The molecule has 6 nitrogen and oxygen atoms in total. The van der Waals surface area contributed by atoms with Crippen molar-refractivity contribution in [2.75, 3.05) is 52.5 Å². The molecule has 0 radical (unpaired) electrons. The molecule has 1 aromatic carbocycles. The number of nitrogens with one attached hydrogen (secondary N) is 2. The summed E-state index contributed by atoms with van der Waals surface area (Å²) in [7, 11) is 0. The Labute approximate surface area is 194 Å². The van der Waals surface area contributed by atoms with Gasteiger partial charge in [-0.25, -0.2) is 0 Å². The minimum absolute atomic E-state index is 0. The van der Waals surface area contributed by atoms with E-state index in [0.29, 0.717) is 12.5 Å². The van der Waals surface area contributed by atoms with Gasteiger partial charge in [0.2, 0.25) is 0 Å². The number of aliphatic imine (C=N–C) groups is 1. The van der Waals surface area contributed by atoms with Crippen molar-refractivity contribution in [2.45, 2.75) is 20.0 Å². The van der Waals surface area contributed by atoms with Gasteiger partial charge in [-0.1, -0.05) is 25.1 Å². The van der Waals surface area contributed by atoms with Gasteiger partial charge in [0.1, 0.15) is 6.10 Å². The average Bonchev–Trinajstić information content (AvgIpc) is 3.15. The van der Waals surface area contributed by atoms with E-state index in [9.17, 15) is 5.11 Å². The highest BCUT2D eigenvalue weighted by Gasteiger charge is 2.15. The lowest BCUT2D eigenvalue weighted by atomic mass is 10.1. The first kappa shape index (κ1) is 24.3. The molecule has 1 fully saturated rings. The Morgan fingerprint density at radius 3 is 2.76 bits per heavy atom. The van der Waals surface area contributed by atoms with Crippen LogP contribution >= 0.6 is 35.3 Å². The molecule has 8 heteroatoms. The van der Waals surface area contributed by atoms with Crippen LogP contribution in [0.15, 0.2) is 35.3 Å². The lowest BCUT2D eigenvalue weighted by molar-refractivity contribution is 0.0323. The number of thiophene rings is 1. The molecule has 0 aliphatic carbocycles. The van der Waals surface area contributed by atoms with Crippen LogP contribution in [0.25, 0.3) is 10.1 Å². The average molecular weight is 532 g/mol. The van der Waals surface area contributed by atoms with Gasteiger partial charge in [0, 0.05) is 48.8 Å². The van der Waals surface area contributed by atoms with E-state index < -0.39 is 6.10 Å². The first-order valence-electron chi connectivity index (χ1n) is 10.1. The molecule has 0 amide bonds. The van der Waals surface area contributed by atoms with Gasteiger partial charge in [-0.05, 0) is 30.4 Å². The van der Waals surface area contributed by atoms with Gasteiger partial charge in [-0.3, -0.25) is 9.89 Å². The molecule has 1 saturated heterocycles. The topological polar surface area (TPSA) is 69.1 Å². The third-order valence-corrected chi connectivity index (χ3v) is 6.03. The summed E-state index contributed by atoms with van der Waals surface area (Å²) in [6.45, 7) is 11.0. The molecule has 0 spiro atoms. The molecule has 2 aromatic rings. The standard InChI is InChI=1S/C21H32N4O2S.HI/c1-3-22-21(23-13-16(2)15-25-8-10-27-11-9-25)24-14-18(26)20-12-17-6-4-5-7-19(17)28-20;/h4-7,12,16,18,26H,3,8-11,13-15H2,1-2H3,(H2,22,23,24);1H. The fraction of sp³-hybridized carbons (Fsp3) is 0.571. The molecule has 162 valence electrons. The van der Waals surface area contributed by atoms with E-state index in [1.54, 1.807) is 11.3 Å². The van der Waals surface area contributed by atoms with Crippen molar-refractivity contribution in [3.8, 4) is 0 Å². The molecule has 2 atom stereocenters. The van der Waals surface area contributed by atoms with Gasteiger partial charge in [-0.2, -0.15) is 0 Å². The summed E-state index contributed by atoms with van der Waals surface area (Å²) in [5, 5.41) is 18.3. The number of halogens is 1. The second kappa shape index (κ2) is 12.7. The predicted octanol–water partition coefficient (Wildman–Crippen LogP) is 3.08. The van der Waals surface area contributed by atoms with Crippen molar-refractivity contribution in [1.29, 1.82) is 0 Å². The molecule has 3 rings (SSSR count). The predicted molar refractivity (Wildman–Crippen MR) is 133 cm³/mol. The number of rotatable bonds is 8. The number of guanidine groups is 1. The molecule has 2 unspecified atom stereocenters. The molecule has 0 saturated carbocycles. The molecular weight excluding hydrogens is 499 g/mol. The van der Waals surface area contributed by atoms with Crippen LogP contribution in [0.4, 0.5) is 0 Å². The first-order chi connectivity index (χ1) is 13.7. The van der Waals surface area contributed by atoms with Crippen LogP contribution < -0.4 is 10.6 Å². The molecule has 29 heavy (non-hydrogen) atoms. The maximum atomic E-state index is 10.6. The van der Waals surface area contributed by atoms with Crippen LogP contribution in [-0.2, 0) is 4.74 Å². The zero-order valence-electron chi connectivity index (χ0n) is 17.3. The van der Waals surface area contributed by atoms with Crippen molar-refractivity contribution in [3.05, 3.63) is 35.2 Å². The Kier molecular flexibility index (Phi) is 10.6. The molecular formula is C21H33IN4O2S. The van der Waals surface area contributed by atoms with E-state index in [1.807, 2.05) is 12.1 Å². The Morgan fingerprint density at radius 1 is 1.28 bits per heavy atom. The minimum atomic E-state index is -0.549. The van der Waals surface area contributed by atoms with Crippen LogP contribution in [0.5, 0.6) is 0 Å². The van der Waals surface area contributed by atoms with Crippen LogP contribution in [-0.4, -0.2) is 68.4 Å². The van der Waals surface area contributed by atoms with Gasteiger partial charge in [0.25, 0.3) is 0 Å². The number of morpholine rings is 1. The number of hydrogen-bond acceptors (Lipinski definition) is 5. The van der Waals surface area contributed by atoms with Gasteiger partial charge in [-0.15, -0.1) is 35.3 Å². The monoisotopic (exact) mass is 532 g/mol. The Morgan fingerprint density at radius 2 is 2.03 bits per heavy atom. The number of nitrogens with zero attached hydrogens (tertiary/aromatic N) is 2. The second-order valence-electron chi connectivity index (χ2n) is 7.32. The fourth-order valence-electron chi connectivity index (χ4n) is 3.33. The molecule has 0 bridgehead atoms. The maximum absolute atomic E-state index is 10.6. The number of ether oxygens (including phenoxy) is 1. The van der Waals surface area contributed by atoms with Gasteiger partial charge < -0.3 is 20.5 Å². The summed E-state index contributed by atoms with van der Waals surface area (Å²) in [5.74, 6) is 1.23. The quantitative estimate of drug-likeness (QED) is 0.277. The molecule has 1 aromatic heterocycles. The van der Waals surface area contributed by atoms with Crippen LogP contribution in [0, 0.1) is 5.92 Å². The SMILES string of the molecule is CCNC(=NCC(C)CN1CCOCC1)NCC(O)c1cc2ccccc2s1.I. The third-order valence-electron chi connectivity index (χ3n) is 4.81. The number of hydrogen-bond donors (Lipinski definition) is 3. The number of benzene rings is 1. The summed E-state index contributed by atoms with van der Waals surface area (Å²) in [5.41, 5.74) is 0. The van der Waals surface area contributed by atoms with Gasteiger partial charge in [0.05, 0.1) is 13.2 Å². The molecule has 1 aliphatic rings. The van der Waals surface area contributed by atoms with E-state index in [-0.39, 0.29) is 24.0 Å². The van der Waals surface area contributed by atoms with Crippen LogP contribution in [0.3, 0.4) is 0 Å². The summed E-state index contributed by atoms with van der Waals surface area (Å²) in [4.78, 5) is 8.13. The summed E-state index contributed by atoms with van der Waals surface area (Å²) in [6, 6.07) is 10.3. The van der Waals surface area contributed by atoms with E-state index >= 15 is 0 Å². The smallest absolute Gasteiger partial charge is 0.191 e. The van der Waals surface area contributed by atoms with E-state index in [0.717, 1.165) is 56.8 Å². The fourth-order valence-corrected chi connectivity index (χ4v) is 4.38. The Balaban J connectivity index is 0.00000300. The van der Waals surface area contributed by atoms with Crippen LogP contribution in [0.1, 0.15) is 24.8 Å². The zero-order valence-corrected chi connectivity index (χ0v) is 20.4. The third kappa shape index (κ3) is 7.67. The zero-order chi connectivity index (χ0) is 19.8. The Hall–Kier alpha value is -0.940.